The lowest BCUT2D eigenvalue weighted by molar-refractivity contribution is -0.711. The summed E-state index contributed by atoms with van der Waals surface area (Å²) in [5, 5.41) is 22.6. The first-order valence-electron chi connectivity index (χ1n) is 6.18. The van der Waals surface area contributed by atoms with E-state index in [1.54, 1.807) is 30.3 Å². The molecule has 0 amide bonds. The monoisotopic (exact) mass is 301 g/mol. The van der Waals surface area contributed by atoms with Crippen LogP contribution in [-0.4, -0.2) is 27.2 Å². The molecule has 1 aliphatic rings. The first-order chi connectivity index (χ1) is 10.5. The van der Waals surface area contributed by atoms with Crippen LogP contribution in [0.5, 0.6) is 0 Å². The molecule has 1 aromatic carbocycles. The van der Waals surface area contributed by atoms with Crippen LogP contribution in [0.1, 0.15) is 6.92 Å². The molecule has 1 aliphatic carbocycles. The molecule has 0 atom stereocenters. The van der Waals surface area contributed by atoms with Crippen molar-refractivity contribution < 1.29 is 19.5 Å². The summed E-state index contributed by atoms with van der Waals surface area (Å²) in [6.45, 7) is 1.05. The van der Waals surface area contributed by atoms with Crippen LogP contribution < -0.4 is 0 Å². The van der Waals surface area contributed by atoms with Gasteiger partial charge < -0.3 is 4.84 Å². The zero-order valence-corrected chi connectivity index (χ0v) is 11.5. The van der Waals surface area contributed by atoms with Crippen molar-refractivity contribution >= 4 is 23.1 Å². The summed E-state index contributed by atoms with van der Waals surface area (Å²) in [6, 6.07) is 8.71. The molecule has 0 fully saturated rings. The third kappa shape index (κ3) is 3.63. The molecule has 8 heteroatoms. The second-order valence-electron chi connectivity index (χ2n) is 4.22. The standard InChI is InChI=1S/C14H11N3O5/c1-10(18)22-17(21)14-9-12(16(19)20)7-8-13(14)15-11-5-3-2-4-6-11/h2-9H,1H3/b15-13?,17-14-. The minimum Gasteiger partial charge on any atom is -0.329 e. The summed E-state index contributed by atoms with van der Waals surface area (Å²) in [7, 11) is 0. The van der Waals surface area contributed by atoms with Gasteiger partial charge in [-0.1, -0.05) is 18.2 Å². The topological polar surface area (TPSA) is 108 Å². The van der Waals surface area contributed by atoms with Gasteiger partial charge in [0.05, 0.1) is 21.6 Å². The summed E-state index contributed by atoms with van der Waals surface area (Å²) in [5.74, 6) is -0.841. The lowest BCUT2D eigenvalue weighted by Gasteiger charge is -2.07. The molecule has 0 bridgehead atoms. The lowest BCUT2D eigenvalue weighted by Crippen LogP contribution is -2.26. The van der Waals surface area contributed by atoms with Gasteiger partial charge in [0.25, 0.3) is 11.7 Å². The zero-order valence-electron chi connectivity index (χ0n) is 11.5. The molecular weight excluding hydrogens is 290 g/mol. The minimum absolute atomic E-state index is 0.0862. The molecule has 112 valence electrons. The Bertz CT molecular complexity index is 732. The van der Waals surface area contributed by atoms with Crippen molar-refractivity contribution in [2.75, 3.05) is 0 Å². The van der Waals surface area contributed by atoms with Crippen LogP contribution in [0.2, 0.25) is 0 Å². The van der Waals surface area contributed by atoms with Crippen LogP contribution in [0.3, 0.4) is 0 Å². The maximum absolute atomic E-state index is 11.8. The number of nitro groups is 1. The number of rotatable bonds is 3. The Morgan fingerprint density at radius 2 is 1.86 bits per heavy atom. The van der Waals surface area contributed by atoms with Crippen LogP contribution in [0.4, 0.5) is 5.69 Å². The summed E-state index contributed by atoms with van der Waals surface area (Å²) in [5.41, 5.74) is 0.158. The van der Waals surface area contributed by atoms with Crippen molar-refractivity contribution in [2.24, 2.45) is 4.99 Å². The van der Waals surface area contributed by atoms with Gasteiger partial charge in [-0.25, -0.2) is 4.99 Å². The van der Waals surface area contributed by atoms with E-state index >= 15 is 0 Å². The molecule has 22 heavy (non-hydrogen) atoms. The van der Waals surface area contributed by atoms with E-state index in [2.05, 4.69) is 9.83 Å². The third-order valence-corrected chi connectivity index (χ3v) is 2.58. The molecule has 0 aliphatic heterocycles. The van der Waals surface area contributed by atoms with Crippen molar-refractivity contribution in [2.45, 2.75) is 6.92 Å². The van der Waals surface area contributed by atoms with E-state index in [0.29, 0.717) is 5.69 Å². The number of aliphatic imine (C=N–C) groups is 1. The van der Waals surface area contributed by atoms with Crippen LogP contribution in [0.15, 0.2) is 59.2 Å². The number of carbonyl (C=O) groups is 1. The van der Waals surface area contributed by atoms with Crippen LogP contribution in [0, 0.1) is 15.3 Å². The van der Waals surface area contributed by atoms with Crippen LogP contribution >= 0.6 is 0 Å². The Hall–Kier alpha value is -3.29. The Labute approximate surface area is 125 Å². The van der Waals surface area contributed by atoms with Crippen LogP contribution in [-0.2, 0) is 9.63 Å². The predicted octanol–water partition coefficient (Wildman–Crippen LogP) is 1.92. The Balaban J connectivity index is 2.49. The summed E-state index contributed by atoms with van der Waals surface area (Å²) < 4.78 is 0. The molecule has 0 saturated heterocycles. The minimum atomic E-state index is -0.841. The lowest BCUT2D eigenvalue weighted by atomic mass is 10.1. The zero-order chi connectivity index (χ0) is 16.1. The highest BCUT2D eigenvalue weighted by Crippen LogP contribution is 2.15. The summed E-state index contributed by atoms with van der Waals surface area (Å²) in [6.07, 6.45) is 3.53. The molecule has 0 radical (unpaired) electrons. The smallest absolute Gasteiger partial charge is 0.300 e. The molecule has 0 unspecified atom stereocenters. The Kier molecular flexibility index (Phi) is 4.42. The van der Waals surface area contributed by atoms with E-state index in [0.717, 1.165) is 13.0 Å². The van der Waals surface area contributed by atoms with Crippen molar-refractivity contribution in [3.8, 4) is 0 Å². The second-order valence-corrected chi connectivity index (χ2v) is 4.22. The fourth-order valence-corrected chi connectivity index (χ4v) is 1.67. The molecular formula is C14H11N3O5. The van der Waals surface area contributed by atoms with Crippen LogP contribution in [0.25, 0.3) is 0 Å². The van der Waals surface area contributed by atoms with Gasteiger partial charge in [0.15, 0.2) is 0 Å². The Morgan fingerprint density at radius 3 is 2.45 bits per heavy atom. The van der Waals surface area contributed by atoms with Gasteiger partial charge >= 0.3 is 5.71 Å². The number of benzene rings is 1. The average Bonchev–Trinajstić information content (AvgIpc) is 2.47. The maximum Gasteiger partial charge on any atom is 0.300 e. The van der Waals surface area contributed by atoms with Gasteiger partial charge in [-0.2, -0.15) is 0 Å². The van der Waals surface area contributed by atoms with Gasteiger partial charge in [0, 0.05) is 13.0 Å². The summed E-state index contributed by atoms with van der Waals surface area (Å²) in [4.78, 5) is 29.6. The van der Waals surface area contributed by atoms with E-state index in [-0.39, 0.29) is 22.0 Å². The van der Waals surface area contributed by atoms with E-state index in [1.165, 1.54) is 12.2 Å². The average molecular weight is 301 g/mol. The fraction of sp³-hybridized carbons (Fsp3) is 0.0714. The van der Waals surface area contributed by atoms with E-state index < -0.39 is 10.9 Å². The van der Waals surface area contributed by atoms with E-state index in [1.807, 2.05) is 0 Å². The molecule has 0 spiro atoms. The number of nitrogens with zero attached hydrogens (tertiary/aromatic N) is 3. The maximum atomic E-state index is 11.8. The van der Waals surface area contributed by atoms with Gasteiger partial charge in [-0.3, -0.25) is 20.1 Å². The molecule has 1 aromatic rings. The van der Waals surface area contributed by atoms with Crippen molar-refractivity contribution in [1.29, 1.82) is 0 Å². The third-order valence-electron chi connectivity index (χ3n) is 2.58. The molecule has 0 heterocycles. The SMILES string of the molecule is CC(=O)O/[N+]([O-])=C1/C=C([N+](=O)[O-])C=CC1=Nc1ccccc1. The van der Waals surface area contributed by atoms with Gasteiger partial charge in [-0.15, -0.1) is 0 Å². The van der Waals surface area contributed by atoms with Crippen molar-refractivity contribution in [1.82, 2.24) is 0 Å². The predicted molar refractivity (Wildman–Crippen MR) is 78.2 cm³/mol. The van der Waals surface area contributed by atoms with E-state index in [4.69, 9.17) is 0 Å². The second kappa shape index (κ2) is 6.44. The van der Waals surface area contributed by atoms with Gasteiger partial charge in [0.2, 0.25) is 0 Å². The largest absolute Gasteiger partial charge is 0.329 e. The van der Waals surface area contributed by atoms with Gasteiger partial charge in [0.1, 0.15) is 5.71 Å². The highest BCUT2D eigenvalue weighted by molar-refractivity contribution is 6.49. The molecule has 0 aromatic heterocycles. The molecule has 8 nitrogen and oxygen atoms in total. The number of para-hydroxylation sites is 1. The van der Waals surface area contributed by atoms with Crippen molar-refractivity contribution in [3.05, 3.63) is 69.6 Å². The molecule has 0 saturated carbocycles. The molecule has 2 rings (SSSR count). The van der Waals surface area contributed by atoms with Gasteiger partial charge in [-0.05, 0) is 18.2 Å². The van der Waals surface area contributed by atoms with Crippen molar-refractivity contribution in [3.63, 3.8) is 0 Å². The fourth-order valence-electron chi connectivity index (χ4n) is 1.67. The first kappa shape index (κ1) is 15.1. The summed E-state index contributed by atoms with van der Waals surface area (Å²) >= 11 is 0. The highest BCUT2D eigenvalue weighted by Gasteiger charge is 2.26. The number of carbonyl (C=O) groups excluding carboxylic acids is 1. The quantitative estimate of drug-likeness (QED) is 0.278. The number of hydrogen-bond acceptors (Lipinski definition) is 6. The van der Waals surface area contributed by atoms with E-state index in [9.17, 15) is 20.1 Å². The normalized spacial score (nSPS) is 17.9. The number of hydrogen-bond donors (Lipinski definition) is 0. The highest BCUT2D eigenvalue weighted by atomic mass is 16.9. The number of allylic oxidation sites excluding steroid dienone is 3. The first-order valence-corrected chi connectivity index (χ1v) is 6.18. The molecule has 0 N–H and O–H groups in total. The Morgan fingerprint density at radius 1 is 1.18 bits per heavy atom.